The van der Waals surface area contributed by atoms with E-state index < -0.39 is 0 Å². The predicted molar refractivity (Wildman–Crippen MR) is 86.3 cm³/mol. The molecule has 0 unspecified atom stereocenters. The zero-order chi connectivity index (χ0) is 14.2. The van der Waals surface area contributed by atoms with Crippen molar-refractivity contribution in [3.63, 3.8) is 0 Å². The number of nitrogens with zero attached hydrogens (tertiary/aromatic N) is 4. The van der Waals surface area contributed by atoms with Gasteiger partial charge in [-0.05, 0) is 66.0 Å². The summed E-state index contributed by atoms with van der Waals surface area (Å²) in [6, 6.07) is 0. The van der Waals surface area contributed by atoms with Gasteiger partial charge in [-0.3, -0.25) is 0 Å². The Labute approximate surface area is 125 Å². The van der Waals surface area contributed by atoms with Crippen LogP contribution < -0.4 is 0 Å². The van der Waals surface area contributed by atoms with E-state index >= 15 is 0 Å². The fourth-order valence-corrected chi connectivity index (χ4v) is 3.20. The van der Waals surface area contributed by atoms with Gasteiger partial charge in [0.25, 0.3) is 0 Å². The third-order valence-corrected chi connectivity index (χ3v) is 4.86. The Morgan fingerprint density at radius 3 is 1.30 bits per heavy atom. The van der Waals surface area contributed by atoms with Crippen molar-refractivity contribution in [1.29, 1.82) is 0 Å². The van der Waals surface area contributed by atoms with Crippen molar-refractivity contribution in [3.05, 3.63) is 0 Å². The number of likely N-dealkylation sites (tertiary alicyclic amines) is 2. The predicted octanol–water partition coefficient (Wildman–Crippen LogP) is 1.04. The summed E-state index contributed by atoms with van der Waals surface area (Å²) in [6.07, 6.45) is 5.62. The lowest BCUT2D eigenvalue weighted by Gasteiger charge is -2.25. The van der Waals surface area contributed by atoms with Gasteiger partial charge in [-0.15, -0.1) is 0 Å². The monoisotopic (exact) mass is 282 g/mol. The number of rotatable bonds is 9. The normalized spacial score (nSPS) is 21.6. The highest BCUT2D eigenvalue weighted by Gasteiger charge is 2.13. The van der Waals surface area contributed by atoms with Crippen molar-refractivity contribution in [2.24, 2.45) is 0 Å². The summed E-state index contributed by atoms with van der Waals surface area (Å²) < 4.78 is 0. The van der Waals surface area contributed by atoms with E-state index in [4.69, 9.17) is 0 Å². The Morgan fingerprint density at radius 1 is 0.600 bits per heavy atom. The molecule has 0 atom stereocenters. The highest BCUT2D eigenvalue weighted by Crippen LogP contribution is 2.07. The first-order chi connectivity index (χ1) is 9.74. The molecule has 0 bridgehead atoms. The Kier molecular flexibility index (Phi) is 7.28. The quantitative estimate of drug-likeness (QED) is 0.626. The molecule has 2 aliphatic rings. The van der Waals surface area contributed by atoms with Gasteiger partial charge in [-0.25, -0.2) is 0 Å². The zero-order valence-corrected chi connectivity index (χ0v) is 13.7. The second kappa shape index (κ2) is 8.98. The molecule has 2 heterocycles. The van der Waals surface area contributed by atoms with E-state index in [2.05, 4.69) is 33.7 Å². The number of likely N-dealkylation sites (N-methyl/N-ethyl adjacent to an activating group) is 2. The molecule has 2 saturated heterocycles. The molecule has 0 radical (unpaired) electrons. The zero-order valence-electron chi connectivity index (χ0n) is 13.7. The molecule has 2 aliphatic heterocycles. The van der Waals surface area contributed by atoms with Crippen molar-refractivity contribution in [1.82, 2.24) is 19.6 Å². The minimum Gasteiger partial charge on any atom is -0.304 e. The molecule has 2 rings (SSSR count). The molecule has 2 fully saturated rings. The molecule has 118 valence electrons. The highest BCUT2D eigenvalue weighted by molar-refractivity contribution is 4.69. The van der Waals surface area contributed by atoms with Gasteiger partial charge in [0, 0.05) is 39.3 Å². The summed E-state index contributed by atoms with van der Waals surface area (Å²) in [5.41, 5.74) is 0. The number of hydrogen-bond donors (Lipinski definition) is 0. The minimum atomic E-state index is 1.20. The fourth-order valence-electron chi connectivity index (χ4n) is 3.20. The third kappa shape index (κ3) is 6.08. The lowest BCUT2D eigenvalue weighted by Crippen LogP contribution is -2.38. The maximum atomic E-state index is 2.60. The molecule has 0 amide bonds. The van der Waals surface area contributed by atoms with Crippen LogP contribution in [0.15, 0.2) is 0 Å². The summed E-state index contributed by atoms with van der Waals surface area (Å²) >= 11 is 0. The van der Waals surface area contributed by atoms with E-state index in [1.54, 1.807) is 0 Å². The molecule has 20 heavy (non-hydrogen) atoms. The largest absolute Gasteiger partial charge is 0.304 e. The minimum absolute atomic E-state index is 1.20. The lowest BCUT2D eigenvalue weighted by molar-refractivity contribution is 0.211. The molecule has 0 spiro atoms. The molecule has 0 aromatic rings. The second-order valence-corrected chi connectivity index (χ2v) is 6.70. The summed E-state index contributed by atoms with van der Waals surface area (Å²) in [5.74, 6) is 0. The topological polar surface area (TPSA) is 13.0 Å². The van der Waals surface area contributed by atoms with Crippen LogP contribution in [0.2, 0.25) is 0 Å². The van der Waals surface area contributed by atoms with Gasteiger partial charge in [0.1, 0.15) is 0 Å². The van der Waals surface area contributed by atoms with Gasteiger partial charge in [0.2, 0.25) is 0 Å². The van der Waals surface area contributed by atoms with Crippen LogP contribution >= 0.6 is 0 Å². The molecule has 0 saturated carbocycles. The Bertz CT molecular complexity index is 221. The van der Waals surface area contributed by atoms with Gasteiger partial charge in [0.05, 0.1) is 0 Å². The Balaban J connectivity index is 1.47. The van der Waals surface area contributed by atoms with Gasteiger partial charge in [-0.2, -0.15) is 0 Å². The van der Waals surface area contributed by atoms with Crippen molar-refractivity contribution in [2.45, 2.75) is 25.7 Å². The SMILES string of the molecule is CN(CCN(C)CCN1CCCC1)CCN1CCCC1. The highest BCUT2D eigenvalue weighted by atomic mass is 15.2. The lowest BCUT2D eigenvalue weighted by atomic mass is 10.4. The van der Waals surface area contributed by atoms with Gasteiger partial charge in [0.15, 0.2) is 0 Å². The van der Waals surface area contributed by atoms with E-state index in [0.717, 1.165) is 0 Å². The first-order valence-corrected chi connectivity index (χ1v) is 8.56. The third-order valence-electron chi connectivity index (χ3n) is 4.86. The van der Waals surface area contributed by atoms with Crippen LogP contribution in [0.1, 0.15) is 25.7 Å². The van der Waals surface area contributed by atoms with Crippen molar-refractivity contribution < 1.29 is 0 Å². The van der Waals surface area contributed by atoms with Crippen LogP contribution in [-0.2, 0) is 0 Å². The Hall–Kier alpha value is -0.160. The van der Waals surface area contributed by atoms with E-state index in [-0.39, 0.29) is 0 Å². The van der Waals surface area contributed by atoms with E-state index in [0.29, 0.717) is 0 Å². The average molecular weight is 282 g/mol. The molecular formula is C16H34N4. The molecule has 4 heteroatoms. The van der Waals surface area contributed by atoms with Gasteiger partial charge < -0.3 is 19.6 Å². The van der Waals surface area contributed by atoms with Crippen molar-refractivity contribution in [2.75, 3.05) is 79.5 Å². The van der Waals surface area contributed by atoms with E-state index in [1.807, 2.05) is 0 Å². The fraction of sp³-hybridized carbons (Fsp3) is 1.00. The molecule has 0 aromatic carbocycles. The maximum absolute atomic E-state index is 2.60. The van der Waals surface area contributed by atoms with Crippen LogP contribution in [0.4, 0.5) is 0 Å². The Morgan fingerprint density at radius 2 is 0.950 bits per heavy atom. The standard InChI is InChI=1S/C16H34N4/c1-17(13-15-19-7-3-4-8-19)11-12-18(2)14-16-20-9-5-6-10-20/h3-16H2,1-2H3. The van der Waals surface area contributed by atoms with Gasteiger partial charge in [-0.1, -0.05) is 0 Å². The van der Waals surface area contributed by atoms with Crippen molar-refractivity contribution in [3.8, 4) is 0 Å². The van der Waals surface area contributed by atoms with E-state index in [1.165, 1.54) is 91.1 Å². The molecule has 0 N–H and O–H groups in total. The average Bonchev–Trinajstić information content (AvgIpc) is 3.13. The maximum Gasteiger partial charge on any atom is 0.0109 e. The molecular weight excluding hydrogens is 248 g/mol. The smallest absolute Gasteiger partial charge is 0.0109 e. The molecule has 0 aromatic heterocycles. The van der Waals surface area contributed by atoms with Crippen LogP contribution in [0.3, 0.4) is 0 Å². The van der Waals surface area contributed by atoms with Crippen molar-refractivity contribution >= 4 is 0 Å². The summed E-state index contributed by atoms with van der Waals surface area (Å²) in [4.78, 5) is 10.2. The molecule has 4 nitrogen and oxygen atoms in total. The first-order valence-electron chi connectivity index (χ1n) is 8.56. The van der Waals surface area contributed by atoms with E-state index in [9.17, 15) is 0 Å². The summed E-state index contributed by atoms with van der Waals surface area (Å²) in [5, 5.41) is 0. The summed E-state index contributed by atoms with van der Waals surface area (Å²) in [6.45, 7) is 12.6. The molecule has 0 aliphatic carbocycles. The van der Waals surface area contributed by atoms with Gasteiger partial charge >= 0.3 is 0 Å². The van der Waals surface area contributed by atoms with Crippen LogP contribution in [0, 0.1) is 0 Å². The van der Waals surface area contributed by atoms with Crippen LogP contribution in [0.25, 0.3) is 0 Å². The first kappa shape index (κ1) is 16.2. The van der Waals surface area contributed by atoms with Crippen LogP contribution in [0.5, 0.6) is 0 Å². The van der Waals surface area contributed by atoms with Crippen LogP contribution in [-0.4, -0.2) is 99.1 Å². The second-order valence-electron chi connectivity index (χ2n) is 6.70. The number of hydrogen-bond acceptors (Lipinski definition) is 4. The summed E-state index contributed by atoms with van der Waals surface area (Å²) in [7, 11) is 4.54.